The van der Waals surface area contributed by atoms with E-state index in [2.05, 4.69) is 523 Å². The molecule has 0 fully saturated rings. The molecule has 0 aliphatic heterocycles. The monoisotopic (exact) mass is 1720 g/mol. The van der Waals surface area contributed by atoms with Gasteiger partial charge in [-0.15, -0.1) is 0 Å². The van der Waals surface area contributed by atoms with Crippen LogP contribution in [0.3, 0.4) is 0 Å². The molecule has 0 bridgehead atoms. The quantitative estimate of drug-likeness (QED) is 0.0768. The van der Waals surface area contributed by atoms with Crippen molar-refractivity contribution in [2.45, 2.75) is 175 Å². The second-order valence-corrected chi connectivity index (χ2v) is 39.4. The first kappa shape index (κ1) is 88.8. The highest BCUT2D eigenvalue weighted by molar-refractivity contribution is 9.11. The molecule has 0 aromatic heterocycles. The number of hydrogen-bond donors (Lipinski definition) is 1. The van der Waals surface area contributed by atoms with Gasteiger partial charge in [0.2, 0.25) is 0 Å². The summed E-state index contributed by atoms with van der Waals surface area (Å²) in [5.41, 5.74) is 24.3. The third-order valence-corrected chi connectivity index (χ3v) is 24.9. The zero-order valence-corrected chi connectivity index (χ0v) is 76.1. The van der Waals surface area contributed by atoms with E-state index in [-0.39, 0.29) is 39.9 Å². The fourth-order valence-electron chi connectivity index (χ4n) is 15.6. The molecule has 14 aromatic carbocycles. The summed E-state index contributed by atoms with van der Waals surface area (Å²) in [4.78, 5) is 4.73. The number of halogens is 4. The van der Waals surface area contributed by atoms with E-state index in [1.165, 1.54) is 50.1 Å². The standard InChI is InChI=1S/C65H69ClN2.C25H17Br2Cl.C20H27N.CH4/c1-61(2,3)46-28-36-54(37-29-46)67(55-38-30-47(31-39-55)62(4,5)6)58-44-53(65(50-22-16-13-17-23-50,51-24-18-14-19-25-51)52-26-20-15-21-27-52)45-59(60(58)66)68(56-40-32-48(33-41-56)63(7,8)9)57-42-34-49(35-43-57)64(10,11)12;26-22-16-21(17-23(27)24(22)28)25(18-10-4-1-5-11-18,19-12-6-2-7-13-19)20-14-8-3-9-15-20;1-19(2,3)15-7-11-17(12-8-15)21-18-13-9-16(10-14-18)20(4,5)6;/h13-45H,1-12H3;1-17H;7-14,21H,1-6H3;1H4. The summed E-state index contributed by atoms with van der Waals surface area (Å²) in [6, 6.07) is 127. The molecule has 14 aromatic rings. The Balaban J connectivity index is 0.000000221. The van der Waals surface area contributed by atoms with Gasteiger partial charge in [-0.05, 0) is 239 Å². The van der Waals surface area contributed by atoms with Crippen LogP contribution in [-0.2, 0) is 43.3 Å². The molecule has 7 heteroatoms. The van der Waals surface area contributed by atoms with Crippen LogP contribution in [0.4, 0.5) is 45.5 Å². The topological polar surface area (TPSA) is 18.5 Å². The normalized spacial score (nSPS) is 12.1. The lowest BCUT2D eigenvalue weighted by Crippen LogP contribution is -2.31. The molecule has 604 valence electrons. The third-order valence-electron chi connectivity index (χ3n) is 22.4. The summed E-state index contributed by atoms with van der Waals surface area (Å²) in [6.45, 7) is 40.6. The minimum atomic E-state index is -0.770. The van der Waals surface area contributed by atoms with Crippen LogP contribution < -0.4 is 15.1 Å². The van der Waals surface area contributed by atoms with Crippen LogP contribution in [0.25, 0.3) is 0 Å². The lowest BCUT2D eigenvalue weighted by molar-refractivity contribution is 0.590. The molecule has 0 unspecified atom stereocenters. The van der Waals surface area contributed by atoms with Crippen LogP contribution in [0.15, 0.2) is 361 Å². The van der Waals surface area contributed by atoms with Crippen molar-refractivity contribution in [1.29, 1.82) is 0 Å². The van der Waals surface area contributed by atoms with Crippen LogP contribution >= 0.6 is 55.1 Å². The third kappa shape index (κ3) is 20.0. The fourth-order valence-corrected chi connectivity index (χ4v) is 17.2. The molecule has 0 amide bonds. The maximum atomic E-state index is 8.29. The summed E-state index contributed by atoms with van der Waals surface area (Å²) in [5, 5.41) is 4.77. The number of anilines is 8. The summed E-state index contributed by atoms with van der Waals surface area (Å²) in [5.74, 6) is 0. The van der Waals surface area contributed by atoms with Gasteiger partial charge >= 0.3 is 0 Å². The molecule has 118 heavy (non-hydrogen) atoms. The van der Waals surface area contributed by atoms with Crippen LogP contribution in [0.1, 0.15) is 210 Å². The van der Waals surface area contributed by atoms with Gasteiger partial charge < -0.3 is 15.1 Å². The minimum Gasteiger partial charge on any atom is -0.356 e. The van der Waals surface area contributed by atoms with E-state index < -0.39 is 10.8 Å². The Morgan fingerprint density at radius 2 is 0.390 bits per heavy atom. The van der Waals surface area contributed by atoms with E-state index in [9.17, 15) is 0 Å². The van der Waals surface area contributed by atoms with Crippen LogP contribution in [-0.4, -0.2) is 0 Å². The van der Waals surface area contributed by atoms with Gasteiger partial charge in [-0.1, -0.05) is 410 Å². The van der Waals surface area contributed by atoms with Gasteiger partial charge in [0, 0.05) is 43.1 Å². The van der Waals surface area contributed by atoms with Gasteiger partial charge in [0.1, 0.15) is 0 Å². The Bertz CT molecular complexity index is 5030. The molecule has 0 radical (unpaired) electrons. The predicted octanol–water partition coefficient (Wildman–Crippen LogP) is 33.8. The second-order valence-electron chi connectivity index (χ2n) is 36.9. The Morgan fingerprint density at radius 3 is 0.576 bits per heavy atom. The van der Waals surface area contributed by atoms with E-state index in [0.29, 0.717) is 10.0 Å². The van der Waals surface area contributed by atoms with E-state index in [1.807, 2.05) is 0 Å². The average molecular weight is 1720 g/mol. The molecule has 1 N–H and O–H groups in total. The molecule has 14 rings (SSSR count). The first-order valence-electron chi connectivity index (χ1n) is 40.8. The van der Waals surface area contributed by atoms with E-state index >= 15 is 0 Å². The number of rotatable bonds is 16. The predicted molar refractivity (Wildman–Crippen MR) is 519 cm³/mol. The maximum absolute atomic E-state index is 8.29. The van der Waals surface area contributed by atoms with Gasteiger partial charge in [-0.3, -0.25) is 0 Å². The van der Waals surface area contributed by atoms with E-state index in [4.69, 9.17) is 23.2 Å². The smallest absolute Gasteiger partial charge is 0.0887 e. The molecule has 3 nitrogen and oxygen atoms in total. The molecule has 0 saturated heterocycles. The molecule has 0 heterocycles. The van der Waals surface area contributed by atoms with Crippen LogP contribution in [0, 0.1) is 0 Å². The first-order valence-corrected chi connectivity index (χ1v) is 43.1. The number of benzene rings is 14. The van der Waals surface area contributed by atoms with Gasteiger partial charge in [-0.25, -0.2) is 0 Å². The SMILES string of the molecule is C.CC(C)(C)c1ccc(N(c2ccc(C(C)(C)C)cc2)c2cc(C(c3ccccc3)(c3ccccc3)c3ccccc3)cc(N(c3ccc(C(C)(C)C)cc3)c3ccc(C(C)(C)C)cc3)c2Cl)cc1.CC(C)(C)c1ccc(Nc2ccc(C(C)(C)C)cc2)cc1.Clc1c(Br)cc(C(c2ccccc2)(c2ccccc2)c2ccccc2)cc1Br. The van der Waals surface area contributed by atoms with Crippen molar-refractivity contribution >= 4 is 101 Å². The van der Waals surface area contributed by atoms with Gasteiger partial charge in [0.25, 0.3) is 0 Å². The van der Waals surface area contributed by atoms with Crippen LogP contribution in [0.2, 0.25) is 10.0 Å². The summed E-state index contributed by atoms with van der Waals surface area (Å²) in [7, 11) is 0. The van der Waals surface area contributed by atoms with E-state index in [0.717, 1.165) is 82.3 Å². The second kappa shape index (κ2) is 36.7. The van der Waals surface area contributed by atoms with Crippen molar-refractivity contribution in [1.82, 2.24) is 0 Å². The van der Waals surface area contributed by atoms with Crippen molar-refractivity contribution in [2.24, 2.45) is 0 Å². The molecular weight excluding hydrogens is 1610 g/mol. The minimum absolute atomic E-state index is 0. The lowest BCUT2D eigenvalue weighted by Gasteiger charge is -2.39. The van der Waals surface area contributed by atoms with Crippen LogP contribution in [0.5, 0.6) is 0 Å². The summed E-state index contributed by atoms with van der Waals surface area (Å²) >= 11 is 22.0. The summed E-state index contributed by atoms with van der Waals surface area (Å²) < 4.78 is 1.73. The Kier molecular flexibility index (Phi) is 27.6. The maximum Gasteiger partial charge on any atom is 0.0887 e. The highest BCUT2D eigenvalue weighted by Crippen LogP contribution is 2.55. The molecule has 0 saturated carbocycles. The van der Waals surface area contributed by atoms with Crippen molar-refractivity contribution in [3.63, 3.8) is 0 Å². The fraction of sp³-hybridized carbons (Fsp3) is 0.243. The first-order chi connectivity index (χ1) is 55.5. The number of nitrogens with zero attached hydrogens (tertiary/aromatic N) is 2. The number of nitrogens with one attached hydrogen (secondary N) is 1. The van der Waals surface area contributed by atoms with Gasteiger partial charge in [0.05, 0.1) is 32.3 Å². The molecule has 0 atom stereocenters. The highest BCUT2D eigenvalue weighted by Gasteiger charge is 2.42. The zero-order valence-electron chi connectivity index (χ0n) is 71.4. The highest BCUT2D eigenvalue weighted by atomic mass is 79.9. The molecule has 0 spiro atoms. The zero-order chi connectivity index (χ0) is 83.9. The molecular formula is C111H117Br2Cl2N3. The van der Waals surface area contributed by atoms with Crippen molar-refractivity contribution < 1.29 is 0 Å². The Morgan fingerprint density at radius 1 is 0.212 bits per heavy atom. The molecule has 0 aliphatic carbocycles. The van der Waals surface area contributed by atoms with Gasteiger partial charge in [-0.2, -0.15) is 0 Å². The largest absolute Gasteiger partial charge is 0.356 e. The molecule has 0 aliphatic rings. The Hall–Kier alpha value is -9.98. The van der Waals surface area contributed by atoms with Crippen molar-refractivity contribution in [3.05, 3.63) is 449 Å². The van der Waals surface area contributed by atoms with Crippen molar-refractivity contribution in [2.75, 3.05) is 15.1 Å². The Labute approximate surface area is 733 Å². The summed E-state index contributed by atoms with van der Waals surface area (Å²) in [6.07, 6.45) is 0. The average Bonchev–Trinajstić information content (AvgIpc) is 0.720. The number of hydrogen-bond acceptors (Lipinski definition) is 3. The van der Waals surface area contributed by atoms with Gasteiger partial charge in [0.15, 0.2) is 0 Å². The lowest BCUT2D eigenvalue weighted by atomic mass is 9.65. The van der Waals surface area contributed by atoms with E-state index in [1.54, 1.807) is 0 Å². The van der Waals surface area contributed by atoms with Crippen molar-refractivity contribution in [3.8, 4) is 0 Å².